The highest BCUT2D eigenvalue weighted by Crippen LogP contribution is 1.99. The van der Waals surface area contributed by atoms with Crippen LogP contribution in [0.4, 0.5) is 0 Å². The number of carbonyl (C=O) groups is 2. The van der Waals surface area contributed by atoms with Crippen LogP contribution in [-0.4, -0.2) is 27.1 Å². The second-order valence-corrected chi connectivity index (χ2v) is 2.04. The molecular formula is C7H6ClNO4. The topological polar surface area (TPSA) is 87.5 Å². The molecule has 0 aliphatic rings. The normalized spacial score (nSPS) is 8.62. The van der Waals surface area contributed by atoms with E-state index in [1.807, 2.05) is 0 Å². The third kappa shape index (κ3) is 2.72. The van der Waals surface area contributed by atoms with Crippen molar-refractivity contribution in [2.24, 2.45) is 0 Å². The molecule has 5 nitrogen and oxygen atoms in total. The molecule has 0 aromatic carbocycles. The van der Waals surface area contributed by atoms with E-state index in [9.17, 15) is 9.59 Å². The van der Waals surface area contributed by atoms with Crippen LogP contribution in [0.5, 0.6) is 0 Å². The minimum atomic E-state index is -1.17. The molecule has 0 spiro atoms. The van der Waals surface area contributed by atoms with Gasteiger partial charge in [-0.2, -0.15) is 0 Å². The van der Waals surface area contributed by atoms with E-state index in [0.717, 1.165) is 12.3 Å². The molecule has 0 bridgehead atoms. The summed E-state index contributed by atoms with van der Waals surface area (Å²) in [6.45, 7) is 0. The lowest BCUT2D eigenvalue weighted by molar-refractivity contribution is 0.0676. The van der Waals surface area contributed by atoms with Crippen molar-refractivity contribution in [1.82, 2.24) is 4.98 Å². The first-order valence-electron chi connectivity index (χ1n) is 3.04. The van der Waals surface area contributed by atoms with Crippen LogP contribution in [-0.2, 0) is 0 Å². The standard InChI is InChI=1S/C7H5NO4.ClH/c9-6(10)4-1-2-5(7(11)12)8-3-4;/h1-3H,(H,9,10)(H,11,12);1H. The number of aromatic carboxylic acids is 2. The summed E-state index contributed by atoms with van der Waals surface area (Å²) in [7, 11) is 0. The average molecular weight is 204 g/mol. The lowest BCUT2D eigenvalue weighted by atomic mass is 10.2. The highest BCUT2D eigenvalue weighted by atomic mass is 35.5. The molecule has 0 unspecified atom stereocenters. The Kier molecular flexibility index (Phi) is 3.87. The van der Waals surface area contributed by atoms with E-state index in [1.54, 1.807) is 0 Å². The fourth-order valence-electron chi connectivity index (χ4n) is 0.647. The third-order valence-corrected chi connectivity index (χ3v) is 1.23. The molecule has 0 saturated heterocycles. The number of nitrogens with zero attached hydrogens (tertiary/aromatic N) is 1. The Labute approximate surface area is 79.4 Å². The lowest BCUT2D eigenvalue weighted by Gasteiger charge is -1.93. The van der Waals surface area contributed by atoms with E-state index >= 15 is 0 Å². The maximum Gasteiger partial charge on any atom is 0.354 e. The number of carboxylic acid groups (broad SMARTS) is 2. The first-order chi connectivity index (χ1) is 5.61. The van der Waals surface area contributed by atoms with Crippen molar-refractivity contribution in [3.05, 3.63) is 29.6 Å². The van der Waals surface area contributed by atoms with E-state index in [4.69, 9.17) is 10.2 Å². The van der Waals surface area contributed by atoms with E-state index in [-0.39, 0.29) is 23.7 Å². The zero-order chi connectivity index (χ0) is 9.14. The second kappa shape index (κ2) is 4.42. The van der Waals surface area contributed by atoms with Gasteiger partial charge in [-0.25, -0.2) is 14.6 Å². The van der Waals surface area contributed by atoms with Crippen molar-refractivity contribution in [3.63, 3.8) is 0 Å². The van der Waals surface area contributed by atoms with E-state index in [0.29, 0.717) is 0 Å². The van der Waals surface area contributed by atoms with E-state index in [1.165, 1.54) is 6.07 Å². The molecule has 1 aromatic rings. The van der Waals surface area contributed by atoms with Crippen molar-refractivity contribution in [1.29, 1.82) is 0 Å². The summed E-state index contributed by atoms with van der Waals surface area (Å²) >= 11 is 0. The van der Waals surface area contributed by atoms with Crippen LogP contribution in [0.25, 0.3) is 0 Å². The Morgan fingerprint density at radius 3 is 2.08 bits per heavy atom. The van der Waals surface area contributed by atoms with Crippen molar-refractivity contribution >= 4 is 24.3 Å². The van der Waals surface area contributed by atoms with Crippen LogP contribution in [0.15, 0.2) is 18.3 Å². The lowest BCUT2D eigenvalue weighted by Crippen LogP contribution is -2.02. The quantitative estimate of drug-likeness (QED) is 0.746. The van der Waals surface area contributed by atoms with Gasteiger partial charge in [0.05, 0.1) is 5.56 Å². The molecule has 13 heavy (non-hydrogen) atoms. The maximum atomic E-state index is 10.3. The Morgan fingerprint density at radius 1 is 1.15 bits per heavy atom. The minimum Gasteiger partial charge on any atom is -0.478 e. The van der Waals surface area contributed by atoms with Crippen LogP contribution in [0.3, 0.4) is 0 Å². The van der Waals surface area contributed by atoms with Gasteiger partial charge in [-0.1, -0.05) is 0 Å². The number of pyridine rings is 1. The summed E-state index contributed by atoms with van der Waals surface area (Å²) in [5.74, 6) is -2.30. The highest BCUT2D eigenvalue weighted by Gasteiger charge is 2.06. The molecule has 0 amide bonds. The molecule has 0 radical (unpaired) electrons. The fourth-order valence-corrected chi connectivity index (χ4v) is 0.647. The number of rotatable bonds is 2. The minimum absolute atomic E-state index is 0. The predicted octanol–water partition coefficient (Wildman–Crippen LogP) is 0.900. The molecule has 0 aliphatic carbocycles. The first-order valence-corrected chi connectivity index (χ1v) is 3.04. The summed E-state index contributed by atoms with van der Waals surface area (Å²) in [6.07, 6.45) is 1.01. The van der Waals surface area contributed by atoms with Crippen molar-refractivity contribution in [2.75, 3.05) is 0 Å². The molecule has 2 N–H and O–H groups in total. The molecule has 70 valence electrons. The summed E-state index contributed by atoms with van der Waals surface area (Å²) in [6, 6.07) is 2.34. The van der Waals surface area contributed by atoms with Gasteiger partial charge in [0.15, 0.2) is 0 Å². The zero-order valence-corrected chi connectivity index (χ0v) is 7.11. The molecule has 1 rings (SSSR count). The highest BCUT2D eigenvalue weighted by molar-refractivity contribution is 5.89. The SMILES string of the molecule is Cl.O=C(O)c1ccc(C(=O)O)nc1. The van der Waals surface area contributed by atoms with E-state index in [2.05, 4.69) is 4.98 Å². The molecular weight excluding hydrogens is 198 g/mol. The number of aromatic nitrogens is 1. The van der Waals surface area contributed by atoms with Gasteiger partial charge >= 0.3 is 11.9 Å². The van der Waals surface area contributed by atoms with Gasteiger partial charge in [-0.05, 0) is 12.1 Å². The summed E-state index contributed by atoms with van der Waals surface area (Å²) in [4.78, 5) is 24.0. The van der Waals surface area contributed by atoms with Gasteiger partial charge in [-0.3, -0.25) is 0 Å². The van der Waals surface area contributed by atoms with Gasteiger partial charge in [0.25, 0.3) is 0 Å². The molecule has 0 atom stereocenters. The number of hydrogen-bond donors (Lipinski definition) is 2. The van der Waals surface area contributed by atoms with Crippen LogP contribution in [0.2, 0.25) is 0 Å². The maximum absolute atomic E-state index is 10.3. The van der Waals surface area contributed by atoms with Gasteiger partial charge in [-0.15, -0.1) is 12.4 Å². The largest absolute Gasteiger partial charge is 0.478 e. The third-order valence-electron chi connectivity index (χ3n) is 1.23. The van der Waals surface area contributed by atoms with Crippen LogP contribution in [0.1, 0.15) is 20.8 Å². The van der Waals surface area contributed by atoms with E-state index < -0.39 is 11.9 Å². The molecule has 0 aliphatic heterocycles. The average Bonchev–Trinajstić information content (AvgIpc) is 2.04. The van der Waals surface area contributed by atoms with Crippen LogP contribution >= 0.6 is 12.4 Å². The molecule has 6 heteroatoms. The smallest absolute Gasteiger partial charge is 0.354 e. The Hall–Kier alpha value is -1.62. The molecule has 1 heterocycles. The fraction of sp³-hybridized carbons (Fsp3) is 0. The van der Waals surface area contributed by atoms with Crippen molar-refractivity contribution in [3.8, 4) is 0 Å². The Bertz CT molecular complexity index is 289. The van der Waals surface area contributed by atoms with Crippen molar-refractivity contribution in [2.45, 2.75) is 0 Å². The Balaban J connectivity index is 0.00000144. The van der Waals surface area contributed by atoms with Crippen molar-refractivity contribution < 1.29 is 19.8 Å². The Morgan fingerprint density at radius 2 is 1.77 bits per heavy atom. The second-order valence-electron chi connectivity index (χ2n) is 2.04. The van der Waals surface area contributed by atoms with Gasteiger partial charge in [0, 0.05) is 6.20 Å². The molecule has 0 saturated carbocycles. The monoisotopic (exact) mass is 203 g/mol. The number of carboxylic acids is 2. The summed E-state index contributed by atoms with van der Waals surface area (Å²) in [5, 5.41) is 16.8. The van der Waals surface area contributed by atoms with Gasteiger partial charge in [0.1, 0.15) is 5.69 Å². The predicted molar refractivity (Wildman–Crippen MR) is 45.4 cm³/mol. The summed E-state index contributed by atoms with van der Waals surface area (Å²) < 4.78 is 0. The summed E-state index contributed by atoms with van der Waals surface area (Å²) in [5.41, 5.74) is -0.194. The van der Waals surface area contributed by atoms with Gasteiger partial charge < -0.3 is 10.2 Å². The van der Waals surface area contributed by atoms with Crippen LogP contribution < -0.4 is 0 Å². The molecule has 1 aromatic heterocycles. The zero-order valence-electron chi connectivity index (χ0n) is 6.30. The van der Waals surface area contributed by atoms with Crippen LogP contribution in [0, 0.1) is 0 Å². The van der Waals surface area contributed by atoms with Gasteiger partial charge in [0.2, 0.25) is 0 Å². The number of hydrogen-bond acceptors (Lipinski definition) is 3. The molecule has 0 fully saturated rings. The number of halogens is 1. The first kappa shape index (κ1) is 11.4.